The number of hydrogen-bond acceptors (Lipinski definition) is 6. The Morgan fingerprint density at radius 2 is 1.84 bits per heavy atom. The molecule has 0 N–H and O–H groups in total. The Kier molecular flexibility index (Phi) is 4.95. The van der Waals surface area contributed by atoms with Gasteiger partial charge in [-0.1, -0.05) is 36.4 Å². The fourth-order valence-corrected chi connectivity index (χ4v) is 3.90. The van der Waals surface area contributed by atoms with E-state index in [2.05, 4.69) is 21.2 Å². The van der Waals surface area contributed by atoms with Crippen LogP contribution in [0.1, 0.15) is 5.56 Å². The van der Waals surface area contributed by atoms with Gasteiger partial charge in [0.25, 0.3) is 0 Å². The molecule has 2 aromatic carbocycles. The van der Waals surface area contributed by atoms with E-state index in [1.807, 2.05) is 53.4 Å². The number of ether oxygens (including phenoxy) is 1. The maximum atomic E-state index is 12.7. The number of anilines is 1. The van der Waals surface area contributed by atoms with Crippen LogP contribution in [-0.4, -0.2) is 63.9 Å². The number of aromatic nitrogens is 4. The van der Waals surface area contributed by atoms with E-state index in [4.69, 9.17) is 9.84 Å². The van der Waals surface area contributed by atoms with Gasteiger partial charge in [0.05, 0.1) is 7.11 Å². The molecule has 4 aromatic rings. The molecule has 1 saturated heterocycles. The maximum Gasteiger partial charge on any atom is 0.246 e. The average Bonchev–Trinajstić information content (AvgIpc) is 3.31. The van der Waals surface area contributed by atoms with Gasteiger partial charge in [0.1, 0.15) is 12.1 Å². The normalized spacial score (nSPS) is 14.6. The Morgan fingerprint density at radius 3 is 2.65 bits per heavy atom. The van der Waals surface area contributed by atoms with Crippen molar-refractivity contribution >= 4 is 34.2 Å². The lowest BCUT2D eigenvalue weighted by molar-refractivity contribution is -0.126. The zero-order valence-corrected chi connectivity index (χ0v) is 17.2. The Hall–Kier alpha value is -3.94. The molecule has 0 atom stereocenters. The van der Waals surface area contributed by atoms with E-state index in [1.54, 1.807) is 24.0 Å². The standard InChI is InChI=1S/C23H22N6O2/c1-31-18-6-4-5-17(15-18)9-10-21(30)27-11-13-28(14-12-27)23-20-8-3-2-7-19(20)22-25-24-16-29(22)26-23/h2-10,15-16H,11-14H2,1H3/b10-9+. The molecule has 5 rings (SSSR count). The van der Waals surface area contributed by atoms with Crippen molar-refractivity contribution in [2.24, 2.45) is 0 Å². The first-order chi connectivity index (χ1) is 15.2. The summed E-state index contributed by atoms with van der Waals surface area (Å²) in [5, 5.41) is 15.0. The summed E-state index contributed by atoms with van der Waals surface area (Å²) in [6, 6.07) is 15.7. The summed E-state index contributed by atoms with van der Waals surface area (Å²) in [6.45, 7) is 2.70. The van der Waals surface area contributed by atoms with Crippen LogP contribution in [0.25, 0.3) is 22.5 Å². The minimum Gasteiger partial charge on any atom is -0.497 e. The van der Waals surface area contributed by atoms with Gasteiger partial charge in [0, 0.05) is 43.0 Å². The first-order valence-corrected chi connectivity index (χ1v) is 10.2. The van der Waals surface area contributed by atoms with Crippen LogP contribution < -0.4 is 9.64 Å². The number of carbonyl (C=O) groups is 1. The molecule has 1 fully saturated rings. The lowest BCUT2D eigenvalue weighted by Gasteiger charge is -2.35. The number of hydrogen-bond donors (Lipinski definition) is 0. The third kappa shape index (κ3) is 3.68. The average molecular weight is 414 g/mol. The Bertz CT molecular complexity index is 1270. The van der Waals surface area contributed by atoms with Crippen LogP contribution in [0.4, 0.5) is 5.82 Å². The lowest BCUT2D eigenvalue weighted by atomic mass is 10.1. The highest BCUT2D eigenvalue weighted by Crippen LogP contribution is 2.27. The number of rotatable bonds is 4. The van der Waals surface area contributed by atoms with Crippen molar-refractivity contribution in [3.63, 3.8) is 0 Å². The van der Waals surface area contributed by atoms with Crippen LogP contribution in [0.3, 0.4) is 0 Å². The van der Waals surface area contributed by atoms with E-state index < -0.39 is 0 Å². The second kappa shape index (κ2) is 8.06. The van der Waals surface area contributed by atoms with Crippen LogP contribution in [0.15, 0.2) is 60.9 Å². The summed E-state index contributed by atoms with van der Waals surface area (Å²) in [5.41, 5.74) is 1.68. The second-order valence-electron chi connectivity index (χ2n) is 7.39. The summed E-state index contributed by atoms with van der Waals surface area (Å²) in [4.78, 5) is 16.8. The van der Waals surface area contributed by atoms with Gasteiger partial charge in [-0.2, -0.15) is 4.52 Å². The first kappa shape index (κ1) is 19.0. The van der Waals surface area contributed by atoms with Gasteiger partial charge in [-0.05, 0) is 23.8 Å². The van der Waals surface area contributed by atoms with Crippen molar-refractivity contribution in [3.8, 4) is 5.75 Å². The molecule has 0 bridgehead atoms. The SMILES string of the molecule is COc1cccc(/C=C/C(=O)N2CCN(c3nn4cnnc4c4ccccc34)CC2)c1. The minimum atomic E-state index is 0.00884. The van der Waals surface area contributed by atoms with Crippen LogP contribution in [0, 0.1) is 0 Å². The molecule has 8 nitrogen and oxygen atoms in total. The van der Waals surface area contributed by atoms with Crippen LogP contribution in [0.5, 0.6) is 5.75 Å². The number of amides is 1. The third-order valence-electron chi connectivity index (χ3n) is 5.54. The summed E-state index contributed by atoms with van der Waals surface area (Å²) in [5.74, 6) is 1.67. The number of carbonyl (C=O) groups excluding carboxylic acids is 1. The van der Waals surface area contributed by atoms with Gasteiger partial charge in [-0.15, -0.1) is 15.3 Å². The van der Waals surface area contributed by atoms with Gasteiger partial charge >= 0.3 is 0 Å². The van der Waals surface area contributed by atoms with Crippen LogP contribution in [0.2, 0.25) is 0 Å². The topological polar surface area (TPSA) is 75.9 Å². The second-order valence-corrected chi connectivity index (χ2v) is 7.39. The van der Waals surface area contributed by atoms with E-state index in [-0.39, 0.29) is 5.91 Å². The van der Waals surface area contributed by atoms with Gasteiger partial charge in [-0.3, -0.25) is 4.79 Å². The molecule has 1 aliphatic heterocycles. The Balaban J connectivity index is 1.31. The highest BCUT2D eigenvalue weighted by Gasteiger charge is 2.23. The molecule has 0 radical (unpaired) electrons. The molecule has 2 aromatic heterocycles. The quantitative estimate of drug-likeness (QED) is 0.478. The summed E-state index contributed by atoms with van der Waals surface area (Å²) < 4.78 is 6.95. The maximum absolute atomic E-state index is 12.7. The molecule has 1 aliphatic rings. The summed E-state index contributed by atoms with van der Waals surface area (Å²) >= 11 is 0. The highest BCUT2D eigenvalue weighted by atomic mass is 16.5. The number of benzene rings is 2. The fraction of sp³-hybridized carbons (Fsp3) is 0.217. The van der Waals surface area contributed by atoms with Crippen molar-refractivity contribution in [2.75, 3.05) is 38.2 Å². The molecule has 156 valence electrons. The Labute approximate surface area is 179 Å². The minimum absolute atomic E-state index is 0.00884. The molecule has 0 aliphatic carbocycles. The zero-order valence-electron chi connectivity index (χ0n) is 17.2. The predicted molar refractivity (Wildman–Crippen MR) is 119 cm³/mol. The molecule has 31 heavy (non-hydrogen) atoms. The van der Waals surface area contributed by atoms with E-state index in [0.29, 0.717) is 26.2 Å². The summed E-state index contributed by atoms with van der Waals surface area (Å²) in [7, 11) is 1.63. The molecule has 8 heteroatoms. The van der Waals surface area contributed by atoms with Crippen LogP contribution >= 0.6 is 0 Å². The Morgan fingerprint density at radius 1 is 1.03 bits per heavy atom. The lowest BCUT2D eigenvalue weighted by Crippen LogP contribution is -2.48. The van der Waals surface area contributed by atoms with Crippen molar-refractivity contribution in [3.05, 3.63) is 66.5 Å². The first-order valence-electron chi connectivity index (χ1n) is 10.2. The molecular formula is C23H22N6O2. The van der Waals surface area contributed by atoms with Gasteiger partial charge in [0.15, 0.2) is 11.5 Å². The molecule has 0 unspecified atom stereocenters. The molecule has 1 amide bonds. The van der Waals surface area contributed by atoms with E-state index >= 15 is 0 Å². The fourth-order valence-electron chi connectivity index (χ4n) is 3.90. The van der Waals surface area contributed by atoms with Gasteiger partial charge in [0.2, 0.25) is 5.91 Å². The largest absolute Gasteiger partial charge is 0.497 e. The van der Waals surface area contributed by atoms with E-state index in [1.165, 1.54) is 0 Å². The van der Waals surface area contributed by atoms with Crippen molar-refractivity contribution in [1.29, 1.82) is 0 Å². The molecule has 0 spiro atoms. The molecule has 0 saturated carbocycles. The number of nitrogens with zero attached hydrogens (tertiary/aromatic N) is 6. The van der Waals surface area contributed by atoms with Gasteiger partial charge in [-0.25, -0.2) is 0 Å². The third-order valence-corrected chi connectivity index (χ3v) is 5.54. The van der Waals surface area contributed by atoms with Crippen molar-refractivity contribution in [2.45, 2.75) is 0 Å². The smallest absolute Gasteiger partial charge is 0.246 e. The van der Waals surface area contributed by atoms with Crippen molar-refractivity contribution < 1.29 is 9.53 Å². The number of fused-ring (bicyclic) bond motifs is 3. The number of piperazine rings is 1. The van der Waals surface area contributed by atoms with Crippen molar-refractivity contribution in [1.82, 2.24) is 24.7 Å². The van der Waals surface area contributed by atoms with Gasteiger partial charge < -0.3 is 14.5 Å². The van der Waals surface area contributed by atoms with E-state index in [9.17, 15) is 4.79 Å². The number of methoxy groups -OCH3 is 1. The predicted octanol–water partition coefficient (Wildman–Crippen LogP) is 2.65. The highest BCUT2D eigenvalue weighted by molar-refractivity contribution is 6.00. The monoisotopic (exact) mass is 414 g/mol. The molecule has 3 heterocycles. The van der Waals surface area contributed by atoms with E-state index in [0.717, 1.165) is 33.6 Å². The van der Waals surface area contributed by atoms with Crippen LogP contribution in [-0.2, 0) is 4.79 Å². The molecular weight excluding hydrogens is 392 g/mol. The zero-order chi connectivity index (χ0) is 21.2. The summed E-state index contributed by atoms with van der Waals surface area (Å²) in [6.07, 6.45) is 5.07.